The molecule has 1 aromatic rings. The summed E-state index contributed by atoms with van der Waals surface area (Å²) >= 11 is 0. The molecule has 27 heavy (non-hydrogen) atoms. The molecule has 1 aliphatic heterocycles. The number of hydrogen-bond donors (Lipinski definition) is 0. The van der Waals surface area contributed by atoms with E-state index in [1.807, 2.05) is 49.3 Å². The highest BCUT2D eigenvalue weighted by molar-refractivity contribution is 6.19. The minimum absolute atomic E-state index is 0. The molecule has 0 radical (unpaired) electrons. The first kappa shape index (κ1) is 22.5. The summed E-state index contributed by atoms with van der Waals surface area (Å²) in [5.41, 5.74) is 2.83. The quantitative estimate of drug-likeness (QED) is 0.421. The normalized spacial score (nSPS) is 15.7. The molecule has 0 aliphatic carbocycles. The van der Waals surface area contributed by atoms with Gasteiger partial charge in [0, 0.05) is 31.9 Å². The van der Waals surface area contributed by atoms with Crippen LogP contribution in [0.15, 0.2) is 41.0 Å². The highest BCUT2D eigenvalue weighted by atomic mass is 35.5. The molecular weight excluding hydrogens is 362 g/mol. The van der Waals surface area contributed by atoms with Gasteiger partial charge in [-0.15, -0.1) is 12.4 Å². The number of carbonyl (C=O) groups is 2. The number of hydrogen-bond acceptors (Lipinski definition) is 4. The largest absolute Gasteiger partial charge is 0.378 e. The van der Waals surface area contributed by atoms with Crippen LogP contribution in [0.5, 0.6) is 0 Å². The van der Waals surface area contributed by atoms with Gasteiger partial charge in [-0.2, -0.15) is 5.26 Å². The van der Waals surface area contributed by atoms with Crippen LogP contribution in [0.3, 0.4) is 0 Å². The van der Waals surface area contributed by atoms with Crippen molar-refractivity contribution in [1.82, 2.24) is 4.90 Å². The predicted molar refractivity (Wildman–Crippen MR) is 111 cm³/mol. The van der Waals surface area contributed by atoms with Gasteiger partial charge >= 0.3 is 0 Å². The van der Waals surface area contributed by atoms with Crippen molar-refractivity contribution in [2.24, 2.45) is 0 Å². The Labute approximate surface area is 167 Å². The number of rotatable bonds is 6. The number of nitrogens with zero attached hydrogens (tertiary/aromatic N) is 3. The van der Waals surface area contributed by atoms with Crippen LogP contribution in [0.25, 0.3) is 6.08 Å². The van der Waals surface area contributed by atoms with Gasteiger partial charge in [0.05, 0.1) is 0 Å². The number of imide groups is 1. The SMILES string of the molecule is CCCCCN1C(=O)C(C#N)=C(C)/C(=C/c2ccc(N(C)C)cc2)C1=O.Cl. The molecule has 0 bridgehead atoms. The van der Waals surface area contributed by atoms with Crippen LogP contribution in [0, 0.1) is 11.3 Å². The highest BCUT2D eigenvalue weighted by Gasteiger charge is 2.34. The van der Waals surface area contributed by atoms with Crippen molar-refractivity contribution < 1.29 is 9.59 Å². The van der Waals surface area contributed by atoms with Gasteiger partial charge in [-0.25, -0.2) is 0 Å². The maximum absolute atomic E-state index is 12.9. The van der Waals surface area contributed by atoms with E-state index < -0.39 is 5.91 Å². The molecular formula is C21H26ClN3O2. The van der Waals surface area contributed by atoms with Gasteiger partial charge in [0.15, 0.2) is 0 Å². The van der Waals surface area contributed by atoms with Gasteiger partial charge in [0.1, 0.15) is 11.6 Å². The van der Waals surface area contributed by atoms with Crippen LogP contribution >= 0.6 is 12.4 Å². The molecule has 0 unspecified atom stereocenters. The fraction of sp³-hybridized carbons (Fsp3) is 0.381. The molecule has 0 fully saturated rings. The Morgan fingerprint density at radius 2 is 1.74 bits per heavy atom. The van der Waals surface area contributed by atoms with Gasteiger partial charge in [0.25, 0.3) is 11.8 Å². The van der Waals surface area contributed by atoms with E-state index in [4.69, 9.17) is 0 Å². The van der Waals surface area contributed by atoms with Crippen LogP contribution in [0.1, 0.15) is 38.7 Å². The second-order valence-corrected chi connectivity index (χ2v) is 6.62. The monoisotopic (exact) mass is 387 g/mol. The fourth-order valence-electron chi connectivity index (χ4n) is 2.89. The second-order valence-electron chi connectivity index (χ2n) is 6.62. The summed E-state index contributed by atoms with van der Waals surface area (Å²) in [7, 11) is 3.92. The first-order chi connectivity index (χ1) is 12.4. The third-order valence-electron chi connectivity index (χ3n) is 4.53. The van der Waals surface area contributed by atoms with E-state index in [1.165, 1.54) is 4.90 Å². The molecule has 0 aromatic heterocycles. The summed E-state index contributed by atoms with van der Waals surface area (Å²) in [5, 5.41) is 9.39. The average molecular weight is 388 g/mol. The molecule has 1 aliphatic rings. The Kier molecular flexibility index (Phi) is 8.27. The van der Waals surface area contributed by atoms with Gasteiger partial charge in [-0.05, 0) is 42.7 Å². The van der Waals surface area contributed by atoms with Crippen molar-refractivity contribution in [3.63, 3.8) is 0 Å². The van der Waals surface area contributed by atoms with E-state index in [0.29, 0.717) is 17.7 Å². The lowest BCUT2D eigenvalue weighted by molar-refractivity contribution is -0.140. The zero-order chi connectivity index (χ0) is 19.3. The number of amides is 2. The molecule has 144 valence electrons. The van der Waals surface area contributed by atoms with Crippen molar-refractivity contribution in [3.05, 3.63) is 46.5 Å². The fourth-order valence-corrected chi connectivity index (χ4v) is 2.89. The van der Waals surface area contributed by atoms with E-state index in [9.17, 15) is 14.9 Å². The zero-order valence-corrected chi connectivity index (χ0v) is 17.1. The number of benzene rings is 1. The Bertz CT molecular complexity index is 802. The van der Waals surface area contributed by atoms with Crippen LogP contribution in [-0.4, -0.2) is 37.4 Å². The standard InChI is InChI=1S/C21H25N3O2.ClH/c1-5-6-7-12-24-20(25)18(15(2)19(14-22)21(24)26)13-16-8-10-17(11-9-16)23(3)4;/h8-11,13H,5-7,12H2,1-4H3;1H/b18-13-;. The maximum atomic E-state index is 12.9. The lowest BCUT2D eigenvalue weighted by atomic mass is 9.93. The topological polar surface area (TPSA) is 64.4 Å². The van der Waals surface area contributed by atoms with Gasteiger partial charge < -0.3 is 4.90 Å². The Morgan fingerprint density at radius 1 is 1.11 bits per heavy atom. The Hall–Kier alpha value is -2.58. The number of anilines is 1. The van der Waals surface area contributed by atoms with Crippen molar-refractivity contribution >= 4 is 36.0 Å². The van der Waals surface area contributed by atoms with Crippen molar-refractivity contribution in [1.29, 1.82) is 5.26 Å². The number of carbonyl (C=O) groups excluding carboxylic acids is 2. The number of nitriles is 1. The lowest BCUT2D eigenvalue weighted by Crippen LogP contribution is -2.43. The van der Waals surface area contributed by atoms with Crippen LogP contribution in [0.4, 0.5) is 5.69 Å². The van der Waals surface area contributed by atoms with E-state index in [1.54, 1.807) is 13.0 Å². The van der Waals surface area contributed by atoms with Crippen LogP contribution < -0.4 is 4.90 Å². The summed E-state index contributed by atoms with van der Waals surface area (Å²) in [5.74, 6) is -0.800. The predicted octanol–water partition coefficient (Wildman–Crippen LogP) is 3.96. The van der Waals surface area contributed by atoms with Crippen molar-refractivity contribution in [2.75, 3.05) is 25.5 Å². The van der Waals surface area contributed by atoms with E-state index >= 15 is 0 Å². The lowest BCUT2D eigenvalue weighted by Gasteiger charge is -2.27. The van der Waals surface area contributed by atoms with E-state index in [-0.39, 0.29) is 23.9 Å². The van der Waals surface area contributed by atoms with E-state index in [2.05, 4.69) is 6.92 Å². The molecule has 1 aromatic carbocycles. The van der Waals surface area contributed by atoms with Crippen molar-refractivity contribution in [2.45, 2.75) is 33.1 Å². The van der Waals surface area contributed by atoms with E-state index in [0.717, 1.165) is 30.5 Å². The van der Waals surface area contributed by atoms with Crippen LogP contribution in [-0.2, 0) is 9.59 Å². The number of unbranched alkanes of at least 4 members (excludes halogenated alkanes) is 2. The molecule has 2 amide bonds. The molecule has 2 rings (SSSR count). The summed E-state index contributed by atoms with van der Waals surface area (Å²) in [6.07, 6.45) is 4.44. The molecule has 0 saturated carbocycles. The summed E-state index contributed by atoms with van der Waals surface area (Å²) in [6, 6.07) is 9.75. The van der Waals surface area contributed by atoms with Gasteiger partial charge in [0.2, 0.25) is 0 Å². The molecule has 0 saturated heterocycles. The van der Waals surface area contributed by atoms with Crippen molar-refractivity contribution in [3.8, 4) is 6.07 Å². The molecule has 1 heterocycles. The van der Waals surface area contributed by atoms with Gasteiger partial charge in [-0.3, -0.25) is 14.5 Å². The molecule has 6 heteroatoms. The summed E-state index contributed by atoms with van der Waals surface area (Å²) in [4.78, 5) is 28.6. The molecule has 0 spiro atoms. The first-order valence-electron chi connectivity index (χ1n) is 8.87. The minimum Gasteiger partial charge on any atom is -0.378 e. The third-order valence-corrected chi connectivity index (χ3v) is 4.53. The molecule has 5 nitrogen and oxygen atoms in total. The Balaban J connectivity index is 0.00000364. The third kappa shape index (κ3) is 4.99. The molecule has 0 atom stereocenters. The second kappa shape index (κ2) is 9.94. The highest BCUT2D eigenvalue weighted by Crippen LogP contribution is 2.27. The smallest absolute Gasteiger partial charge is 0.271 e. The van der Waals surface area contributed by atoms with Crippen LogP contribution in [0.2, 0.25) is 0 Å². The average Bonchev–Trinajstić information content (AvgIpc) is 2.62. The minimum atomic E-state index is -0.480. The summed E-state index contributed by atoms with van der Waals surface area (Å²) in [6.45, 7) is 4.08. The maximum Gasteiger partial charge on any atom is 0.271 e. The zero-order valence-electron chi connectivity index (χ0n) is 16.3. The Morgan fingerprint density at radius 3 is 2.26 bits per heavy atom. The van der Waals surface area contributed by atoms with Gasteiger partial charge in [-0.1, -0.05) is 31.9 Å². The first-order valence-corrected chi connectivity index (χ1v) is 8.87. The molecule has 0 N–H and O–H groups in total. The number of halogens is 1. The summed E-state index contributed by atoms with van der Waals surface area (Å²) < 4.78 is 0.